The van der Waals surface area contributed by atoms with E-state index in [1.807, 2.05) is 26.1 Å². The lowest BCUT2D eigenvalue weighted by molar-refractivity contribution is 0.0963. The molecule has 0 saturated heterocycles. The van der Waals surface area contributed by atoms with E-state index in [0.717, 1.165) is 30.4 Å². The van der Waals surface area contributed by atoms with E-state index in [-0.39, 0.29) is 5.41 Å². The van der Waals surface area contributed by atoms with Crippen molar-refractivity contribution in [2.75, 3.05) is 0 Å². The third-order valence-electron chi connectivity index (χ3n) is 8.03. The normalized spacial score (nSPS) is 39.5. The molecule has 3 fully saturated rings. The highest BCUT2D eigenvalue weighted by Crippen LogP contribution is 2.61. The Kier molecular flexibility index (Phi) is 6.89. The van der Waals surface area contributed by atoms with Crippen LogP contribution in [0.2, 0.25) is 13.1 Å². The molecular weight excluding hydrogens is 388 g/mol. The number of hydrogen-bond donors (Lipinski definition) is 3. The number of allylic oxidation sites excluding steroid dienone is 2. The van der Waals surface area contributed by atoms with E-state index in [1.165, 1.54) is 24.8 Å². The first-order valence-electron chi connectivity index (χ1n) is 11.6. The highest BCUT2D eigenvalue weighted by Gasteiger charge is 2.51. The third kappa shape index (κ3) is 4.41. The molecule has 0 aromatic rings. The average molecular weight is 429 g/mol. The van der Waals surface area contributed by atoms with Gasteiger partial charge in [-0.05, 0) is 92.0 Å². The summed E-state index contributed by atoms with van der Waals surface area (Å²) in [4.78, 5) is 10.0. The predicted octanol–water partition coefficient (Wildman–Crippen LogP) is 4.89. The van der Waals surface area contributed by atoms with Gasteiger partial charge in [0.05, 0.1) is 6.10 Å². The van der Waals surface area contributed by atoms with Gasteiger partial charge in [0.25, 0.3) is 8.32 Å². The van der Waals surface area contributed by atoms with Crippen molar-refractivity contribution in [3.8, 4) is 11.5 Å². The Balaban J connectivity index is 1.86. The minimum absolute atomic E-state index is 0.241. The molecule has 3 saturated carbocycles. The van der Waals surface area contributed by atoms with Crippen LogP contribution in [0.4, 0.5) is 0 Å². The molecule has 30 heavy (non-hydrogen) atoms. The van der Waals surface area contributed by atoms with Gasteiger partial charge in [-0.15, -0.1) is 5.92 Å². The van der Waals surface area contributed by atoms with E-state index < -0.39 is 20.5 Å². The fourth-order valence-corrected chi connectivity index (χ4v) is 7.11. The van der Waals surface area contributed by atoms with Crippen LogP contribution in [-0.2, 0) is 0 Å². The van der Waals surface area contributed by atoms with E-state index in [0.29, 0.717) is 29.7 Å². The molecule has 0 aliphatic heterocycles. The molecule has 3 N–H and O–H groups in total. The summed E-state index contributed by atoms with van der Waals surface area (Å²) < 4.78 is 0. The molecule has 2 unspecified atom stereocenters. The maximum absolute atomic E-state index is 10.7. The Labute approximate surface area is 184 Å². The average Bonchev–Trinajstić information content (AvgIpc) is 3.01. The van der Waals surface area contributed by atoms with E-state index in [1.54, 1.807) is 0 Å². The zero-order valence-corrected chi connectivity index (χ0v) is 20.5. The summed E-state index contributed by atoms with van der Waals surface area (Å²) in [6.07, 6.45) is 7.73. The maximum atomic E-state index is 10.7. The van der Waals surface area contributed by atoms with Gasteiger partial charge < -0.3 is 15.0 Å². The summed E-state index contributed by atoms with van der Waals surface area (Å²) in [6.45, 7) is 14.6. The number of aliphatic hydroxyl groups excluding tert-OH is 2. The van der Waals surface area contributed by atoms with Gasteiger partial charge in [-0.1, -0.05) is 37.6 Å². The SMILES string of the molecule is C=C1C(=C2CCC[C@]3(C)C([C@H](C)CC#C[Si](C)(C)O)CC[C@H]23)C[C@@H](O)/C(=C\C)C1O. The zero-order chi connectivity index (χ0) is 22.3. The maximum Gasteiger partial charge on any atom is 0.263 e. The smallest absolute Gasteiger partial charge is 0.263 e. The molecule has 0 amide bonds. The van der Waals surface area contributed by atoms with Gasteiger partial charge in [0.1, 0.15) is 6.10 Å². The second-order valence-corrected chi connectivity index (χ2v) is 13.9. The Bertz CT molecular complexity index is 806. The van der Waals surface area contributed by atoms with Crippen molar-refractivity contribution >= 4 is 8.32 Å². The summed E-state index contributed by atoms with van der Waals surface area (Å²) >= 11 is 0. The Morgan fingerprint density at radius 2 is 2.00 bits per heavy atom. The van der Waals surface area contributed by atoms with Crippen LogP contribution >= 0.6 is 0 Å². The molecule has 166 valence electrons. The van der Waals surface area contributed by atoms with Crippen molar-refractivity contribution in [2.24, 2.45) is 23.2 Å². The summed E-state index contributed by atoms with van der Waals surface area (Å²) in [7, 11) is -2.31. The Morgan fingerprint density at radius 1 is 1.30 bits per heavy atom. The standard InChI is InChI=1S/C26H40O3Si/c1-7-19-24(27)16-21(18(3)25(19)28)20-11-8-14-26(4)22(12-13-23(20)26)17(2)10-9-15-30(5,6)29/h7,17,22-25,27-29H,3,8,10-14,16H2,1-2,4-6H3/b19-7+,21-20?/t17-,22?,23-,24-,25?,26-/m1/s1. The number of hydrogen-bond acceptors (Lipinski definition) is 3. The first-order chi connectivity index (χ1) is 14.0. The lowest BCUT2D eigenvalue weighted by atomic mass is 9.59. The van der Waals surface area contributed by atoms with Gasteiger partial charge in [-0.25, -0.2) is 0 Å². The van der Waals surface area contributed by atoms with Crippen LogP contribution < -0.4 is 0 Å². The predicted molar refractivity (Wildman–Crippen MR) is 126 cm³/mol. The highest BCUT2D eigenvalue weighted by atomic mass is 28.4. The van der Waals surface area contributed by atoms with Crippen LogP contribution in [0.3, 0.4) is 0 Å². The van der Waals surface area contributed by atoms with Gasteiger partial charge in [0.2, 0.25) is 0 Å². The minimum Gasteiger partial charge on any atom is -0.422 e. The first kappa shape index (κ1) is 23.5. The van der Waals surface area contributed by atoms with Gasteiger partial charge in [-0.2, -0.15) is 0 Å². The largest absolute Gasteiger partial charge is 0.422 e. The second kappa shape index (κ2) is 8.79. The third-order valence-corrected chi connectivity index (χ3v) is 8.82. The van der Waals surface area contributed by atoms with E-state index in [2.05, 4.69) is 31.9 Å². The molecule has 3 nitrogen and oxygen atoms in total. The molecule has 0 bridgehead atoms. The molecular formula is C26H40O3Si. The van der Waals surface area contributed by atoms with Crippen molar-refractivity contribution in [1.29, 1.82) is 0 Å². The molecule has 0 radical (unpaired) electrons. The molecule has 4 heteroatoms. The quantitative estimate of drug-likeness (QED) is 0.333. The fraction of sp³-hybridized carbons (Fsp3) is 0.692. The monoisotopic (exact) mass is 428 g/mol. The zero-order valence-electron chi connectivity index (χ0n) is 19.5. The molecule has 0 heterocycles. The van der Waals surface area contributed by atoms with E-state index in [4.69, 9.17) is 0 Å². The summed E-state index contributed by atoms with van der Waals surface area (Å²) in [5.74, 6) is 4.92. The van der Waals surface area contributed by atoms with Crippen molar-refractivity contribution < 1.29 is 15.0 Å². The van der Waals surface area contributed by atoms with Crippen molar-refractivity contribution in [2.45, 2.75) is 91.0 Å². The summed E-state index contributed by atoms with van der Waals surface area (Å²) in [5, 5.41) is 21.4. The number of fused-ring (bicyclic) bond motifs is 1. The molecule has 3 rings (SSSR count). The molecule has 0 spiro atoms. The van der Waals surface area contributed by atoms with Crippen molar-refractivity contribution in [3.63, 3.8) is 0 Å². The highest BCUT2D eigenvalue weighted by molar-refractivity contribution is 6.78. The first-order valence-corrected chi connectivity index (χ1v) is 14.6. The van der Waals surface area contributed by atoms with Crippen molar-refractivity contribution in [3.05, 3.63) is 34.9 Å². The van der Waals surface area contributed by atoms with Crippen molar-refractivity contribution in [1.82, 2.24) is 0 Å². The van der Waals surface area contributed by atoms with Gasteiger partial charge in [0, 0.05) is 12.8 Å². The van der Waals surface area contributed by atoms with Crippen LogP contribution in [0, 0.1) is 34.6 Å². The Morgan fingerprint density at radius 3 is 2.63 bits per heavy atom. The van der Waals surface area contributed by atoms with Gasteiger partial charge >= 0.3 is 0 Å². The number of aliphatic hydroxyl groups is 2. The number of rotatable bonds is 2. The van der Waals surface area contributed by atoms with Crippen LogP contribution in [0.15, 0.2) is 34.9 Å². The molecule has 0 aromatic heterocycles. The Hall–Kier alpha value is -1.12. The molecule has 6 atom stereocenters. The summed E-state index contributed by atoms with van der Waals surface area (Å²) in [6, 6.07) is 0. The summed E-state index contributed by atoms with van der Waals surface area (Å²) in [5.41, 5.74) is 7.42. The van der Waals surface area contributed by atoms with Crippen LogP contribution in [-0.4, -0.2) is 35.5 Å². The van der Waals surface area contributed by atoms with E-state index in [9.17, 15) is 15.0 Å². The molecule has 3 aliphatic rings. The van der Waals surface area contributed by atoms with Gasteiger partial charge in [-0.3, -0.25) is 0 Å². The second-order valence-electron chi connectivity index (χ2n) is 10.6. The van der Waals surface area contributed by atoms with E-state index >= 15 is 0 Å². The van der Waals surface area contributed by atoms with Crippen LogP contribution in [0.25, 0.3) is 0 Å². The lowest BCUT2D eigenvalue weighted by Gasteiger charge is -2.46. The molecule has 0 aromatic carbocycles. The molecule has 3 aliphatic carbocycles. The minimum atomic E-state index is -2.31. The van der Waals surface area contributed by atoms with Crippen LogP contribution in [0.5, 0.6) is 0 Å². The fourth-order valence-electron chi connectivity index (χ4n) is 6.57. The topological polar surface area (TPSA) is 60.7 Å². The van der Waals surface area contributed by atoms with Crippen LogP contribution in [0.1, 0.15) is 65.7 Å². The lowest BCUT2D eigenvalue weighted by Crippen LogP contribution is -2.38. The van der Waals surface area contributed by atoms with Gasteiger partial charge in [0.15, 0.2) is 0 Å².